The molecule has 1 aliphatic carbocycles. The molecule has 1 aliphatic rings. The van der Waals surface area contributed by atoms with Gasteiger partial charge < -0.3 is 10.6 Å². The summed E-state index contributed by atoms with van der Waals surface area (Å²) in [4.78, 5) is 25.1. The number of amides is 2. The lowest BCUT2D eigenvalue weighted by atomic mass is 9.90. The lowest BCUT2D eigenvalue weighted by molar-refractivity contribution is -0.141. The van der Waals surface area contributed by atoms with Gasteiger partial charge in [0, 0.05) is 17.6 Å². The molecule has 138 valence electrons. The van der Waals surface area contributed by atoms with Crippen LogP contribution in [-0.2, 0) is 16.0 Å². The van der Waals surface area contributed by atoms with Crippen molar-refractivity contribution >= 4 is 23.4 Å². The Hall–Kier alpha value is -1.55. The van der Waals surface area contributed by atoms with E-state index < -0.39 is 5.41 Å². The molecule has 4 nitrogen and oxygen atoms in total. The summed E-state index contributed by atoms with van der Waals surface area (Å²) in [5.74, 6) is -0.416. The molecule has 2 rings (SSSR count). The third kappa shape index (κ3) is 6.03. The van der Waals surface area contributed by atoms with Crippen LogP contribution in [0.2, 0.25) is 5.02 Å². The first kappa shape index (κ1) is 19.8. The molecule has 2 amide bonds. The van der Waals surface area contributed by atoms with Gasteiger partial charge in [0.05, 0.1) is 0 Å². The first-order valence-electron chi connectivity index (χ1n) is 9.23. The van der Waals surface area contributed by atoms with E-state index in [2.05, 4.69) is 10.6 Å². The summed E-state index contributed by atoms with van der Waals surface area (Å²) in [6, 6.07) is 7.78. The summed E-state index contributed by atoms with van der Waals surface area (Å²) >= 11 is 5.96. The summed E-state index contributed by atoms with van der Waals surface area (Å²) in [5, 5.41) is 6.64. The van der Waals surface area contributed by atoms with Gasteiger partial charge in [-0.3, -0.25) is 9.59 Å². The van der Waals surface area contributed by atoms with Crippen LogP contribution in [0.4, 0.5) is 0 Å². The molecule has 25 heavy (non-hydrogen) atoms. The number of hydrogen-bond acceptors (Lipinski definition) is 2. The average Bonchev–Trinajstić information content (AvgIpc) is 2.83. The van der Waals surface area contributed by atoms with Crippen molar-refractivity contribution in [3.8, 4) is 0 Å². The summed E-state index contributed by atoms with van der Waals surface area (Å²) in [5.41, 5.74) is -0.00537. The maximum atomic E-state index is 12.6. The fourth-order valence-corrected chi connectivity index (χ4v) is 3.34. The number of rotatable bonds is 6. The van der Waals surface area contributed by atoms with Gasteiger partial charge in [-0.15, -0.1) is 0 Å². The zero-order valence-corrected chi connectivity index (χ0v) is 16.0. The Morgan fingerprint density at radius 3 is 2.44 bits per heavy atom. The molecule has 1 aromatic carbocycles. The Morgan fingerprint density at radius 2 is 1.80 bits per heavy atom. The topological polar surface area (TPSA) is 58.2 Å². The van der Waals surface area contributed by atoms with E-state index >= 15 is 0 Å². The third-order valence-corrected chi connectivity index (χ3v) is 5.15. The van der Waals surface area contributed by atoms with Crippen molar-refractivity contribution in [3.05, 3.63) is 34.9 Å². The standard InChI is InChI=1S/C20H29ClN2O2/c1-20(2,19(25)23-17-10-5-3-4-6-11-17)18(24)22-13-12-15-8-7-9-16(21)14-15/h7-9,14,17H,3-6,10-13H2,1-2H3,(H,22,24)(H,23,25). The Labute approximate surface area is 155 Å². The highest BCUT2D eigenvalue weighted by Gasteiger charge is 2.36. The molecule has 2 N–H and O–H groups in total. The lowest BCUT2D eigenvalue weighted by Crippen LogP contribution is -2.50. The number of halogens is 1. The normalized spacial score (nSPS) is 16.1. The molecule has 0 heterocycles. The van der Waals surface area contributed by atoms with Gasteiger partial charge in [-0.05, 0) is 50.8 Å². The molecule has 0 bridgehead atoms. The first-order chi connectivity index (χ1) is 11.9. The fourth-order valence-electron chi connectivity index (χ4n) is 3.13. The van der Waals surface area contributed by atoms with E-state index in [1.807, 2.05) is 24.3 Å². The van der Waals surface area contributed by atoms with Gasteiger partial charge >= 0.3 is 0 Å². The van der Waals surface area contributed by atoms with E-state index in [9.17, 15) is 9.59 Å². The zero-order valence-electron chi connectivity index (χ0n) is 15.2. The maximum absolute atomic E-state index is 12.6. The highest BCUT2D eigenvalue weighted by atomic mass is 35.5. The van der Waals surface area contributed by atoms with Gasteiger partial charge in [0.1, 0.15) is 5.41 Å². The van der Waals surface area contributed by atoms with Crippen molar-refractivity contribution in [2.24, 2.45) is 5.41 Å². The highest BCUT2D eigenvalue weighted by Crippen LogP contribution is 2.21. The van der Waals surface area contributed by atoms with E-state index in [1.54, 1.807) is 13.8 Å². The van der Waals surface area contributed by atoms with Crippen LogP contribution in [0.1, 0.15) is 57.9 Å². The van der Waals surface area contributed by atoms with Crippen molar-refractivity contribution in [3.63, 3.8) is 0 Å². The van der Waals surface area contributed by atoms with Crippen molar-refractivity contribution in [2.45, 2.75) is 64.8 Å². The molecule has 0 atom stereocenters. The van der Waals surface area contributed by atoms with E-state index in [0.717, 1.165) is 31.2 Å². The van der Waals surface area contributed by atoms with Gasteiger partial charge in [-0.25, -0.2) is 0 Å². The van der Waals surface area contributed by atoms with Crippen molar-refractivity contribution in [2.75, 3.05) is 6.54 Å². The zero-order chi connectivity index (χ0) is 18.3. The number of nitrogens with one attached hydrogen (secondary N) is 2. The number of benzene rings is 1. The summed E-state index contributed by atoms with van der Waals surface area (Å²) in [6.07, 6.45) is 7.48. The SMILES string of the molecule is CC(C)(C(=O)NCCc1cccc(Cl)c1)C(=O)NC1CCCCCC1. The third-order valence-electron chi connectivity index (χ3n) is 4.91. The molecule has 0 unspecified atom stereocenters. The molecule has 0 radical (unpaired) electrons. The summed E-state index contributed by atoms with van der Waals surface area (Å²) < 4.78 is 0. The minimum Gasteiger partial charge on any atom is -0.355 e. The molecule has 0 aromatic heterocycles. The van der Waals surface area contributed by atoms with Crippen LogP contribution < -0.4 is 10.6 Å². The molecule has 0 saturated heterocycles. The van der Waals surface area contributed by atoms with Crippen LogP contribution in [0.15, 0.2) is 24.3 Å². The second-order valence-corrected chi connectivity index (χ2v) is 7.86. The smallest absolute Gasteiger partial charge is 0.235 e. The minimum absolute atomic E-state index is 0.181. The van der Waals surface area contributed by atoms with E-state index in [-0.39, 0.29) is 17.9 Å². The molecular weight excluding hydrogens is 336 g/mol. The predicted molar refractivity (Wildman–Crippen MR) is 102 cm³/mol. The largest absolute Gasteiger partial charge is 0.355 e. The van der Waals surface area contributed by atoms with Crippen LogP contribution in [0.25, 0.3) is 0 Å². The number of carbonyl (C=O) groups is 2. The molecule has 0 spiro atoms. The second-order valence-electron chi connectivity index (χ2n) is 7.42. The molecule has 1 saturated carbocycles. The van der Waals surface area contributed by atoms with Crippen LogP contribution >= 0.6 is 11.6 Å². The second kappa shape index (κ2) is 9.23. The minimum atomic E-state index is -1.07. The Kier molecular flexibility index (Phi) is 7.30. The lowest BCUT2D eigenvalue weighted by Gasteiger charge is -2.26. The van der Waals surface area contributed by atoms with E-state index in [1.165, 1.54) is 12.8 Å². The molecule has 0 aliphatic heterocycles. The Bertz CT molecular complexity index is 593. The predicted octanol–water partition coefficient (Wildman–Crippen LogP) is 3.86. The molecule has 5 heteroatoms. The van der Waals surface area contributed by atoms with Crippen LogP contribution in [0.3, 0.4) is 0 Å². The summed E-state index contributed by atoms with van der Waals surface area (Å²) in [7, 11) is 0. The van der Waals surface area contributed by atoms with Crippen molar-refractivity contribution in [1.82, 2.24) is 10.6 Å². The van der Waals surface area contributed by atoms with Crippen molar-refractivity contribution in [1.29, 1.82) is 0 Å². The van der Waals surface area contributed by atoms with Gasteiger partial charge in [-0.1, -0.05) is 49.4 Å². The molecular formula is C20H29ClN2O2. The summed E-state index contributed by atoms with van der Waals surface area (Å²) in [6.45, 7) is 3.86. The van der Waals surface area contributed by atoms with Gasteiger partial charge in [0.15, 0.2) is 0 Å². The van der Waals surface area contributed by atoms with Gasteiger partial charge in [0.2, 0.25) is 11.8 Å². The molecule has 1 fully saturated rings. The van der Waals surface area contributed by atoms with Crippen LogP contribution in [-0.4, -0.2) is 24.4 Å². The maximum Gasteiger partial charge on any atom is 0.235 e. The number of hydrogen-bond donors (Lipinski definition) is 2. The van der Waals surface area contributed by atoms with Crippen LogP contribution in [0, 0.1) is 5.41 Å². The quantitative estimate of drug-likeness (QED) is 0.594. The highest BCUT2D eigenvalue weighted by molar-refractivity contribution is 6.30. The average molecular weight is 365 g/mol. The Morgan fingerprint density at radius 1 is 1.12 bits per heavy atom. The Balaban J connectivity index is 1.82. The molecule has 1 aromatic rings. The van der Waals surface area contributed by atoms with Crippen molar-refractivity contribution < 1.29 is 9.59 Å². The van der Waals surface area contributed by atoms with E-state index in [0.29, 0.717) is 18.0 Å². The first-order valence-corrected chi connectivity index (χ1v) is 9.61. The van der Waals surface area contributed by atoms with E-state index in [4.69, 9.17) is 11.6 Å². The monoisotopic (exact) mass is 364 g/mol. The van der Waals surface area contributed by atoms with Gasteiger partial charge in [-0.2, -0.15) is 0 Å². The van der Waals surface area contributed by atoms with Gasteiger partial charge in [0.25, 0.3) is 0 Å². The fraction of sp³-hybridized carbons (Fsp3) is 0.600. The number of carbonyl (C=O) groups excluding carboxylic acids is 2. The van der Waals surface area contributed by atoms with Crippen LogP contribution in [0.5, 0.6) is 0 Å².